The maximum absolute atomic E-state index is 13.0. The van der Waals surface area contributed by atoms with Crippen molar-refractivity contribution >= 4 is 41.3 Å². The minimum atomic E-state index is -0.0127. The van der Waals surface area contributed by atoms with Crippen LogP contribution in [0.25, 0.3) is 0 Å². The Kier molecular flexibility index (Phi) is 4.68. The van der Waals surface area contributed by atoms with Gasteiger partial charge in [0.2, 0.25) is 5.91 Å². The zero-order chi connectivity index (χ0) is 16.7. The predicted molar refractivity (Wildman–Crippen MR) is 101 cm³/mol. The summed E-state index contributed by atoms with van der Waals surface area (Å²) in [5.41, 5.74) is 11.3. The van der Waals surface area contributed by atoms with Gasteiger partial charge in [-0.25, -0.2) is 0 Å². The second-order valence-electron chi connectivity index (χ2n) is 6.33. The molecule has 0 atom stereocenters. The number of rotatable bonds is 1. The molecule has 2 aromatic rings. The first-order valence-corrected chi connectivity index (χ1v) is 8.25. The van der Waals surface area contributed by atoms with Gasteiger partial charge >= 0.3 is 0 Å². The average molecular weight is 358 g/mol. The van der Waals surface area contributed by atoms with Crippen molar-refractivity contribution in [3.63, 3.8) is 0 Å². The number of amides is 2. The number of anilines is 3. The molecule has 0 bridgehead atoms. The molecule has 6 heteroatoms. The van der Waals surface area contributed by atoms with E-state index in [0.717, 1.165) is 41.0 Å². The normalized spacial score (nSPS) is 15.5. The number of benzene rings is 2. The first kappa shape index (κ1) is 17.3. The number of carbonyl (C=O) groups is 2. The molecule has 0 spiro atoms. The number of hydrogen-bond donors (Lipinski definition) is 2. The summed E-state index contributed by atoms with van der Waals surface area (Å²) in [4.78, 5) is 26.3. The quantitative estimate of drug-likeness (QED) is 0.770. The van der Waals surface area contributed by atoms with E-state index >= 15 is 0 Å². The number of nitrogens with one attached hydrogen (secondary N) is 1. The molecule has 5 nitrogen and oxygen atoms in total. The van der Waals surface area contributed by atoms with Crippen LogP contribution in [0.1, 0.15) is 34.3 Å². The Labute approximate surface area is 152 Å². The van der Waals surface area contributed by atoms with Gasteiger partial charge < -0.3 is 16.0 Å². The Balaban J connectivity index is 0.00000182. The smallest absolute Gasteiger partial charge is 0.258 e. The molecule has 0 aromatic heterocycles. The highest BCUT2D eigenvalue weighted by Crippen LogP contribution is 2.33. The second kappa shape index (κ2) is 6.76. The van der Waals surface area contributed by atoms with Crippen LogP contribution in [0, 0.1) is 0 Å². The molecule has 4 rings (SSSR count). The maximum Gasteiger partial charge on any atom is 0.258 e. The Morgan fingerprint density at radius 3 is 2.80 bits per heavy atom. The zero-order valence-corrected chi connectivity index (χ0v) is 14.6. The minimum Gasteiger partial charge on any atom is -0.398 e. The van der Waals surface area contributed by atoms with Crippen molar-refractivity contribution in [2.45, 2.75) is 25.7 Å². The van der Waals surface area contributed by atoms with Gasteiger partial charge in [-0.15, -0.1) is 12.4 Å². The number of fused-ring (bicyclic) bond motifs is 2. The largest absolute Gasteiger partial charge is 0.398 e. The van der Waals surface area contributed by atoms with E-state index in [9.17, 15) is 9.59 Å². The third-order valence-electron chi connectivity index (χ3n) is 4.78. The molecule has 2 heterocycles. The van der Waals surface area contributed by atoms with E-state index in [1.54, 1.807) is 6.07 Å². The van der Waals surface area contributed by atoms with Crippen LogP contribution >= 0.6 is 12.4 Å². The number of carbonyl (C=O) groups excluding carboxylic acids is 2. The summed E-state index contributed by atoms with van der Waals surface area (Å²) in [5.74, 6) is 0.0169. The highest BCUT2D eigenvalue weighted by molar-refractivity contribution is 6.08. The lowest BCUT2D eigenvalue weighted by molar-refractivity contribution is -0.116. The predicted octanol–water partition coefficient (Wildman–Crippen LogP) is 3.17. The molecule has 0 saturated heterocycles. The van der Waals surface area contributed by atoms with E-state index in [0.29, 0.717) is 24.9 Å². The van der Waals surface area contributed by atoms with Gasteiger partial charge in [-0.05, 0) is 60.7 Å². The Morgan fingerprint density at radius 1 is 1.12 bits per heavy atom. The Hall–Kier alpha value is -2.53. The first-order chi connectivity index (χ1) is 11.6. The summed E-state index contributed by atoms with van der Waals surface area (Å²) in [5, 5.41) is 2.85. The highest BCUT2D eigenvalue weighted by atomic mass is 35.5. The van der Waals surface area contributed by atoms with Crippen LogP contribution < -0.4 is 16.0 Å². The van der Waals surface area contributed by atoms with E-state index < -0.39 is 0 Å². The topological polar surface area (TPSA) is 75.4 Å². The standard InChI is InChI=1S/C19H19N3O2.ClH/c20-15-4-1-5-17-14(15)3-2-10-22(17)19(24)13-6-8-16-12(11-13)7-9-18(23)21-16;/h1,4-6,8,11H,2-3,7,9-10,20H2,(H,21,23);1H. The highest BCUT2D eigenvalue weighted by Gasteiger charge is 2.25. The molecule has 2 amide bonds. The lowest BCUT2D eigenvalue weighted by atomic mass is 9.97. The van der Waals surface area contributed by atoms with Gasteiger partial charge in [-0.2, -0.15) is 0 Å². The van der Waals surface area contributed by atoms with Gasteiger partial charge in [0.25, 0.3) is 5.91 Å². The summed E-state index contributed by atoms with van der Waals surface area (Å²) in [6, 6.07) is 11.2. The van der Waals surface area contributed by atoms with Gasteiger partial charge in [-0.1, -0.05) is 6.07 Å². The van der Waals surface area contributed by atoms with Crippen molar-refractivity contribution in [1.82, 2.24) is 0 Å². The van der Waals surface area contributed by atoms with Crippen molar-refractivity contribution in [3.05, 3.63) is 53.1 Å². The van der Waals surface area contributed by atoms with Crippen molar-refractivity contribution in [2.24, 2.45) is 0 Å². The van der Waals surface area contributed by atoms with Crippen molar-refractivity contribution in [3.8, 4) is 0 Å². The average Bonchev–Trinajstić information content (AvgIpc) is 2.60. The molecule has 3 N–H and O–H groups in total. The van der Waals surface area contributed by atoms with Crippen LogP contribution in [-0.2, 0) is 17.6 Å². The number of nitrogens with zero attached hydrogens (tertiary/aromatic N) is 1. The lowest BCUT2D eigenvalue weighted by Gasteiger charge is -2.30. The van der Waals surface area contributed by atoms with E-state index in [1.807, 2.05) is 35.2 Å². The van der Waals surface area contributed by atoms with Gasteiger partial charge in [0.15, 0.2) is 0 Å². The van der Waals surface area contributed by atoms with E-state index in [-0.39, 0.29) is 24.2 Å². The molecular weight excluding hydrogens is 338 g/mol. The van der Waals surface area contributed by atoms with Crippen molar-refractivity contribution < 1.29 is 9.59 Å². The number of nitrogen functional groups attached to an aromatic ring is 1. The molecule has 0 saturated carbocycles. The van der Waals surface area contributed by atoms with Gasteiger partial charge in [0, 0.05) is 35.6 Å². The Bertz CT molecular complexity index is 851. The second-order valence-corrected chi connectivity index (χ2v) is 6.33. The van der Waals surface area contributed by atoms with E-state index in [1.165, 1.54) is 0 Å². The van der Waals surface area contributed by atoms with Gasteiger partial charge in [0.1, 0.15) is 0 Å². The molecule has 2 aromatic carbocycles. The minimum absolute atomic E-state index is 0. The van der Waals surface area contributed by atoms with Crippen molar-refractivity contribution in [2.75, 3.05) is 22.5 Å². The van der Waals surface area contributed by atoms with Gasteiger partial charge in [0.05, 0.1) is 0 Å². The molecule has 0 radical (unpaired) electrons. The summed E-state index contributed by atoms with van der Waals surface area (Å²) in [6.07, 6.45) is 2.95. The monoisotopic (exact) mass is 357 g/mol. The molecule has 0 unspecified atom stereocenters. The third kappa shape index (κ3) is 3.07. The van der Waals surface area contributed by atoms with Crippen LogP contribution in [0.2, 0.25) is 0 Å². The SMILES string of the molecule is Cl.Nc1cccc2c1CCCN2C(=O)c1ccc2c(c1)CCC(=O)N2. The fraction of sp³-hybridized carbons (Fsp3) is 0.263. The number of hydrogen-bond acceptors (Lipinski definition) is 3. The summed E-state index contributed by atoms with van der Waals surface area (Å²) in [7, 11) is 0. The molecule has 25 heavy (non-hydrogen) atoms. The molecule has 2 aliphatic rings. The summed E-state index contributed by atoms with van der Waals surface area (Å²) < 4.78 is 0. The zero-order valence-electron chi connectivity index (χ0n) is 13.7. The summed E-state index contributed by atoms with van der Waals surface area (Å²) in [6.45, 7) is 0.698. The van der Waals surface area contributed by atoms with E-state index in [4.69, 9.17) is 5.73 Å². The van der Waals surface area contributed by atoms with Gasteiger partial charge in [-0.3, -0.25) is 9.59 Å². The third-order valence-corrected chi connectivity index (χ3v) is 4.78. The molecule has 0 aliphatic carbocycles. The summed E-state index contributed by atoms with van der Waals surface area (Å²) >= 11 is 0. The number of halogens is 1. The lowest BCUT2D eigenvalue weighted by Crippen LogP contribution is -2.36. The number of aryl methyl sites for hydroxylation is 1. The van der Waals surface area contributed by atoms with Crippen LogP contribution in [0.15, 0.2) is 36.4 Å². The molecule has 130 valence electrons. The fourth-order valence-electron chi connectivity index (χ4n) is 3.53. The van der Waals surface area contributed by atoms with Crippen LogP contribution in [0.5, 0.6) is 0 Å². The van der Waals surface area contributed by atoms with Crippen LogP contribution in [0.4, 0.5) is 17.1 Å². The van der Waals surface area contributed by atoms with Crippen LogP contribution in [0.3, 0.4) is 0 Å². The number of nitrogens with two attached hydrogens (primary N) is 1. The fourth-order valence-corrected chi connectivity index (χ4v) is 3.53. The first-order valence-electron chi connectivity index (χ1n) is 8.25. The Morgan fingerprint density at radius 2 is 1.96 bits per heavy atom. The van der Waals surface area contributed by atoms with Crippen molar-refractivity contribution in [1.29, 1.82) is 0 Å². The molecule has 2 aliphatic heterocycles. The van der Waals surface area contributed by atoms with E-state index in [2.05, 4.69) is 5.32 Å². The molecular formula is C19H20ClN3O2. The molecule has 0 fully saturated rings. The van der Waals surface area contributed by atoms with Crippen LogP contribution in [-0.4, -0.2) is 18.4 Å². The maximum atomic E-state index is 13.0.